The molecule has 3 aromatic heterocycles. The smallest absolute Gasteiger partial charge is 0.361 e. The van der Waals surface area contributed by atoms with Crippen molar-refractivity contribution in [1.82, 2.24) is 23.2 Å². The zero-order valence-electron chi connectivity index (χ0n) is 18.9. The van der Waals surface area contributed by atoms with Crippen molar-refractivity contribution in [1.29, 1.82) is 0 Å². The summed E-state index contributed by atoms with van der Waals surface area (Å²) in [4.78, 5) is 11.6. The highest BCUT2D eigenvalue weighted by Gasteiger charge is 2.45. The molecule has 2 aliphatic heterocycles. The van der Waals surface area contributed by atoms with E-state index in [9.17, 15) is 13.2 Å². The number of H-pyrrole nitrogens is 1. The van der Waals surface area contributed by atoms with E-state index >= 15 is 0 Å². The van der Waals surface area contributed by atoms with Crippen molar-refractivity contribution in [2.45, 2.75) is 57.4 Å². The van der Waals surface area contributed by atoms with Crippen molar-refractivity contribution in [2.75, 3.05) is 5.32 Å². The van der Waals surface area contributed by atoms with Crippen molar-refractivity contribution >= 4 is 39.7 Å². The maximum atomic E-state index is 14.0. The third kappa shape index (κ3) is 3.79. The van der Waals surface area contributed by atoms with Gasteiger partial charge in [0.15, 0.2) is 0 Å². The second kappa shape index (κ2) is 8.19. The molecule has 3 atom stereocenters. The van der Waals surface area contributed by atoms with Crippen LogP contribution in [-0.2, 0) is 6.18 Å². The zero-order valence-corrected chi connectivity index (χ0v) is 21.1. The molecule has 0 aliphatic carbocycles. The molecule has 0 radical (unpaired) electrons. The lowest BCUT2D eigenvalue weighted by molar-refractivity contribution is -0.137. The van der Waals surface area contributed by atoms with Gasteiger partial charge in [0.1, 0.15) is 11.3 Å². The number of hydrogen-bond donors (Lipinski definition) is 2. The van der Waals surface area contributed by atoms with Crippen molar-refractivity contribution in [3.63, 3.8) is 0 Å². The third-order valence-electron chi connectivity index (χ3n) is 7.12. The summed E-state index contributed by atoms with van der Waals surface area (Å²) in [6, 6.07) is 6.52. The first-order chi connectivity index (χ1) is 16.7. The van der Waals surface area contributed by atoms with Gasteiger partial charge >= 0.3 is 6.18 Å². The molecule has 0 unspecified atom stereocenters. The van der Waals surface area contributed by atoms with E-state index in [1.165, 1.54) is 0 Å². The van der Waals surface area contributed by atoms with Gasteiger partial charge in [0.2, 0.25) is 5.95 Å². The summed E-state index contributed by atoms with van der Waals surface area (Å²) < 4.78 is 49.4. The Hall–Kier alpha value is -2.67. The summed E-state index contributed by atoms with van der Waals surface area (Å²) in [5, 5.41) is 7.95. The first kappa shape index (κ1) is 22.8. The van der Waals surface area contributed by atoms with E-state index in [1.807, 2.05) is 32.0 Å². The molecule has 2 saturated heterocycles. The summed E-state index contributed by atoms with van der Waals surface area (Å²) in [6.45, 7) is 3.69. The molecule has 182 valence electrons. The summed E-state index contributed by atoms with van der Waals surface area (Å²) in [5.41, 5.74) is 2.60. The number of benzene rings is 1. The molecular formula is C24H22F3IN6O. The van der Waals surface area contributed by atoms with E-state index in [4.69, 9.17) is 4.52 Å². The number of halogens is 4. The molecular weight excluding hydrogens is 572 g/mol. The fourth-order valence-electron chi connectivity index (χ4n) is 5.48. The molecule has 2 fully saturated rings. The molecule has 2 N–H and O–H groups in total. The SMILES string of the molecule is Cc1noc(C)c1-c1ccc2c(-c3nc(N[C@H]4C[C@H]5CC[C@@H]4N5I)ncc3C(F)(F)F)c[nH]c2c1. The Balaban J connectivity index is 1.40. The van der Waals surface area contributed by atoms with Crippen LogP contribution < -0.4 is 5.32 Å². The second-order valence-electron chi connectivity index (χ2n) is 9.24. The molecule has 6 rings (SSSR count). The van der Waals surface area contributed by atoms with Crippen LogP contribution in [0.25, 0.3) is 33.3 Å². The number of alkyl halides is 3. The topological polar surface area (TPSA) is 82.9 Å². The minimum absolute atomic E-state index is 0.121. The van der Waals surface area contributed by atoms with E-state index < -0.39 is 11.7 Å². The molecule has 35 heavy (non-hydrogen) atoms. The average molecular weight is 594 g/mol. The highest BCUT2D eigenvalue weighted by Crippen LogP contribution is 2.43. The number of fused-ring (bicyclic) bond motifs is 3. The zero-order chi connectivity index (χ0) is 24.5. The number of nitrogens with zero attached hydrogens (tertiary/aromatic N) is 4. The van der Waals surface area contributed by atoms with E-state index in [0.29, 0.717) is 34.3 Å². The number of aromatic nitrogens is 4. The van der Waals surface area contributed by atoms with Gasteiger partial charge in [0, 0.05) is 75.4 Å². The predicted octanol–water partition coefficient (Wildman–Crippen LogP) is 6.28. The van der Waals surface area contributed by atoms with Crippen LogP contribution in [0.3, 0.4) is 0 Å². The van der Waals surface area contributed by atoms with Crippen LogP contribution in [-0.4, -0.2) is 41.3 Å². The van der Waals surface area contributed by atoms with Crippen LogP contribution >= 0.6 is 22.9 Å². The largest absolute Gasteiger partial charge is 0.419 e. The number of aryl methyl sites for hydroxylation is 2. The van der Waals surface area contributed by atoms with Crippen LogP contribution in [0.1, 0.15) is 36.3 Å². The number of rotatable bonds is 4. The van der Waals surface area contributed by atoms with E-state index in [-0.39, 0.29) is 17.7 Å². The van der Waals surface area contributed by atoms with Crippen LogP contribution in [0, 0.1) is 13.8 Å². The molecule has 2 aliphatic rings. The minimum Gasteiger partial charge on any atom is -0.361 e. The van der Waals surface area contributed by atoms with Crippen LogP contribution in [0.15, 0.2) is 35.1 Å². The van der Waals surface area contributed by atoms with Gasteiger partial charge in [-0.15, -0.1) is 0 Å². The fraction of sp³-hybridized carbons (Fsp3) is 0.375. The van der Waals surface area contributed by atoms with Crippen molar-refractivity contribution in [2.24, 2.45) is 0 Å². The minimum atomic E-state index is -4.58. The Labute approximate surface area is 213 Å². The van der Waals surface area contributed by atoms with E-state index in [0.717, 1.165) is 42.3 Å². The number of nitrogens with one attached hydrogen (secondary N) is 2. The number of aromatic amines is 1. The van der Waals surface area contributed by atoms with Crippen molar-refractivity contribution < 1.29 is 17.7 Å². The molecule has 1 aromatic carbocycles. The molecule has 11 heteroatoms. The maximum absolute atomic E-state index is 14.0. The Morgan fingerprint density at radius 1 is 1.23 bits per heavy atom. The highest BCUT2D eigenvalue weighted by molar-refractivity contribution is 14.1. The Bertz CT molecular complexity index is 1410. The first-order valence-electron chi connectivity index (χ1n) is 11.4. The average Bonchev–Trinajstić information content (AvgIpc) is 3.55. The second-order valence-corrected chi connectivity index (χ2v) is 10.4. The lowest BCUT2D eigenvalue weighted by Crippen LogP contribution is -2.33. The van der Waals surface area contributed by atoms with Crippen molar-refractivity contribution in [3.05, 3.63) is 47.6 Å². The lowest BCUT2D eigenvalue weighted by atomic mass is 9.96. The Morgan fingerprint density at radius 2 is 2.06 bits per heavy atom. The van der Waals surface area contributed by atoms with Gasteiger partial charge in [0.25, 0.3) is 0 Å². The van der Waals surface area contributed by atoms with Gasteiger partial charge in [-0.2, -0.15) is 13.2 Å². The summed E-state index contributed by atoms with van der Waals surface area (Å²) in [5.74, 6) is 0.905. The number of hydrogen-bond acceptors (Lipinski definition) is 6. The normalized spacial score (nSPS) is 22.4. The lowest BCUT2D eigenvalue weighted by Gasteiger charge is -2.22. The molecule has 5 heterocycles. The van der Waals surface area contributed by atoms with E-state index in [2.05, 4.69) is 51.4 Å². The van der Waals surface area contributed by atoms with Gasteiger partial charge in [-0.1, -0.05) is 17.3 Å². The van der Waals surface area contributed by atoms with Gasteiger partial charge in [-0.05, 0) is 44.7 Å². The summed E-state index contributed by atoms with van der Waals surface area (Å²) in [7, 11) is 0. The third-order valence-corrected chi connectivity index (χ3v) is 8.62. The summed E-state index contributed by atoms with van der Waals surface area (Å²) >= 11 is 2.34. The monoisotopic (exact) mass is 594 g/mol. The number of anilines is 1. The van der Waals surface area contributed by atoms with Gasteiger partial charge in [-0.3, -0.25) is 0 Å². The van der Waals surface area contributed by atoms with Crippen LogP contribution in [0.2, 0.25) is 0 Å². The summed E-state index contributed by atoms with van der Waals surface area (Å²) in [6.07, 6.45) is 1.03. The Kier molecular flexibility index (Phi) is 5.33. The first-order valence-corrected chi connectivity index (χ1v) is 12.4. The molecule has 0 saturated carbocycles. The predicted molar refractivity (Wildman–Crippen MR) is 134 cm³/mol. The molecule has 0 amide bonds. The van der Waals surface area contributed by atoms with Crippen LogP contribution in [0.5, 0.6) is 0 Å². The quantitative estimate of drug-likeness (QED) is 0.214. The van der Waals surface area contributed by atoms with E-state index in [1.54, 1.807) is 6.20 Å². The molecule has 4 aromatic rings. The van der Waals surface area contributed by atoms with Gasteiger partial charge in [0.05, 0.1) is 11.4 Å². The van der Waals surface area contributed by atoms with Gasteiger partial charge in [-0.25, -0.2) is 13.1 Å². The van der Waals surface area contributed by atoms with Gasteiger partial charge < -0.3 is 14.8 Å². The molecule has 7 nitrogen and oxygen atoms in total. The molecule has 0 spiro atoms. The standard InChI is InChI=1S/C24H22F3IN6O/c1-11-21(12(2)35-33-11)13-3-5-15-16(9-29-18(15)7-13)22-17(24(25,26)27)10-30-23(32-22)31-19-8-14-4-6-20(19)34(14)28/h3,5,7,9-10,14,19-20,29H,4,6,8H2,1-2H3,(H,30,31,32)/t14-,19+,20+/m1/s1. The van der Waals surface area contributed by atoms with Crippen molar-refractivity contribution in [3.8, 4) is 22.4 Å². The Morgan fingerprint density at radius 3 is 2.71 bits per heavy atom. The highest BCUT2D eigenvalue weighted by atomic mass is 127. The van der Waals surface area contributed by atoms with Crippen LogP contribution in [0.4, 0.5) is 19.1 Å². The molecule has 2 bridgehead atoms. The fourth-order valence-corrected chi connectivity index (χ4v) is 6.65. The maximum Gasteiger partial charge on any atom is 0.419 e.